The number of halogens is 2. The number of allylic oxidation sites excluding steroid dienone is 2. The Morgan fingerprint density at radius 2 is 2.03 bits per heavy atom. The summed E-state index contributed by atoms with van der Waals surface area (Å²) in [6.45, 7) is 9.03. The van der Waals surface area contributed by atoms with Crippen LogP contribution in [0.3, 0.4) is 0 Å². The minimum absolute atomic E-state index is 0.466. The van der Waals surface area contributed by atoms with Crippen molar-refractivity contribution in [3.63, 3.8) is 0 Å². The lowest BCUT2D eigenvalue weighted by Gasteiger charge is -2.14. The Morgan fingerprint density at radius 1 is 1.21 bits per heavy atom. The number of nitrogens with one attached hydrogen (secondary N) is 3. The maximum Gasteiger partial charge on any atom is 0.139 e. The molecule has 0 aliphatic rings. The molecule has 0 unspecified atom stereocenters. The number of hydrogen-bond donors (Lipinski definition) is 3. The fourth-order valence-corrected chi connectivity index (χ4v) is 3.52. The Morgan fingerprint density at radius 3 is 2.64 bits per heavy atom. The molecule has 0 aliphatic carbocycles. The third-order valence-corrected chi connectivity index (χ3v) is 5.14. The van der Waals surface area contributed by atoms with Crippen LogP contribution in [0, 0.1) is 18.3 Å². The van der Waals surface area contributed by atoms with Gasteiger partial charge in [-0.2, -0.15) is 5.26 Å². The number of imidazole rings is 1. The number of benzene rings is 1. The molecule has 0 radical (unpaired) electrons. The van der Waals surface area contributed by atoms with Gasteiger partial charge in [-0.05, 0) is 44.2 Å². The van der Waals surface area contributed by atoms with Crippen molar-refractivity contribution in [2.24, 2.45) is 4.99 Å². The van der Waals surface area contributed by atoms with E-state index < -0.39 is 0 Å². The number of rotatable bonds is 9. The van der Waals surface area contributed by atoms with Crippen LogP contribution in [-0.2, 0) is 0 Å². The van der Waals surface area contributed by atoms with Crippen LogP contribution in [0.2, 0.25) is 10.0 Å². The van der Waals surface area contributed by atoms with E-state index >= 15 is 0 Å². The normalized spacial score (nSPS) is 11.7. The predicted molar refractivity (Wildman–Crippen MR) is 135 cm³/mol. The number of aromatic amines is 1. The van der Waals surface area contributed by atoms with Crippen molar-refractivity contribution in [3.05, 3.63) is 93.9 Å². The molecule has 33 heavy (non-hydrogen) atoms. The first kappa shape index (κ1) is 24.1. The molecule has 0 bridgehead atoms. The maximum atomic E-state index is 8.85. The van der Waals surface area contributed by atoms with Crippen LogP contribution < -0.4 is 10.6 Å². The van der Waals surface area contributed by atoms with Crippen molar-refractivity contribution in [1.29, 1.82) is 5.26 Å². The average molecular weight is 480 g/mol. The van der Waals surface area contributed by atoms with Gasteiger partial charge >= 0.3 is 0 Å². The van der Waals surface area contributed by atoms with Crippen LogP contribution in [0.15, 0.2) is 66.2 Å². The zero-order chi connectivity index (χ0) is 23.8. The van der Waals surface area contributed by atoms with Gasteiger partial charge < -0.3 is 15.6 Å². The van der Waals surface area contributed by atoms with Gasteiger partial charge in [0, 0.05) is 47.3 Å². The minimum atomic E-state index is 0.466. The Balaban J connectivity index is 1.76. The summed E-state index contributed by atoms with van der Waals surface area (Å²) in [5.74, 6) is 1.83. The molecule has 0 amide bonds. The second kappa shape index (κ2) is 11.3. The number of nitriles is 1. The highest BCUT2D eigenvalue weighted by molar-refractivity contribution is 6.41. The highest BCUT2D eigenvalue weighted by atomic mass is 35.5. The van der Waals surface area contributed by atoms with Gasteiger partial charge in [0.25, 0.3) is 0 Å². The smallest absolute Gasteiger partial charge is 0.139 e. The van der Waals surface area contributed by atoms with Crippen LogP contribution in [0.25, 0.3) is 5.57 Å². The number of anilines is 1. The van der Waals surface area contributed by atoms with E-state index in [4.69, 9.17) is 33.5 Å². The van der Waals surface area contributed by atoms with E-state index in [0.717, 1.165) is 11.3 Å². The molecule has 0 saturated carbocycles. The summed E-state index contributed by atoms with van der Waals surface area (Å²) in [7, 11) is 0. The molecule has 2 aromatic heterocycles. The van der Waals surface area contributed by atoms with Gasteiger partial charge in [-0.3, -0.25) is 0 Å². The standard InChI is InChI=1S/C24H23Cl2N7/c1-4-19(24-31-13-15(2)32-24)23(20-7-6-18(25)11-21(20)26)33-16(3)28-9-10-29-22-8-5-17(12-27)14-30-22/h4-8,11,13-14,28H,3,9-10H2,1-2H3,(H,29,30)(H,31,32)/b19-4+,33-23+. The fraction of sp³-hybridized carbons (Fsp3) is 0.167. The molecule has 7 nitrogen and oxygen atoms in total. The molecular formula is C24H23Cl2N7. The van der Waals surface area contributed by atoms with Gasteiger partial charge in [0.1, 0.15) is 23.5 Å². The number of hydrogen-bond acceptors (Lipinski definition) is 6. The first-order chi connectivity index (χ1) is 15.9. The van der Waals surface area contributed by atoms with Crippen LogP contribution in [0.1, 0.15) is 29.6 Å². The molecule has 3 rings (SSSR count). The highest BCUT2D eigenvalue weighted by Crippen LogP contribution is 2.27. The Kier molecular flexibility index (Phi) is 8.25. The van der Waals surface area contributed by atoms with Crippen molar-refractivity contribution >= 4 is 40.3 Å². The van der Waals surface area contributed by atoms with Gasteiger partial charge in [0.15, 0.2) is 0 Å². The van der Waals surface area contributed by atoms with Gasteiger partial charge in [0.05, 0.1) is 16.3 Å². The van der Waals surface area contributed by atoms with Gasteiger partial charge in [-0.15, -0.1) is 0 Å². The molecular weight excluding hydrogens is 457 g/mol. The number of aliphatic imine (C=N–C) groups is 1. The second-order valence-electron chi connectivity index (χ2n) is 7.05. The predicted octanol–water partition coefficient (Wildman–Crippen LogP) is 5.36. The first-order valence-electron chi connectivity index (χ1n) is 10.2. The zero-order valence-electron chi connectivity index (χ0n) is 18.3. The third-order valence-electron chi connectivity index (χ3n) is 4.59. The monoisotopic (exact) mass is 479 g/mol. The summed E-state index contributed by atoms with van der Waals surface area (Å²) in [5, 5.41) is 16.2. The molecule has 0 atom stereocenters. The summed E-state index contributed by atoms with van der Waals surface area (Å²) in [5.41, 5.74) is 3.57. The number of aromatic nitrogens is 3. The Hall–Kier alpha value is -3.60. The van der Waals surface area contributed by atoms with E-state index in [1.165, 1.54) is 6.20 Å². The van der Waals surface area contributed by atoms with Crippen molar-refractivity contribution in [2.75, 3.05) is 18.4 Å². The lowest BCUT2D eigenvalue weighted by atomic mass is 10.0. The molecule has 168 valence electrons. The van der Waals surface area contributed by atoms with E-state index in [-0.39, 0.29) is 0 Å². The van der Waals surface area contributed by atoms with E-state index in [1.54, 1.807) is 30.5 Å². The summed E-state index contributed by atoms with van der Waals surface area (Å²) < 4.78 is 0. The summed E-state index contributed by atoms with van der Waals surface area (Å²) in [6, 6.07) is 10.8. The molecule has 0 saturated heterocycles. The summed E-state index contributed by atoms with van der Waals surface area (Å²) in [6.07, 6.45) is 5.21. The maximum absolute atomic E-state index is 8.85. The van der Waals surface area contributed by atoms with Crippen LogP contribution in [0.4, 0.5) is 5.82 Å². The largest absolute Gasteiger partial charge is 0.369 e. The summed E-state index contributed by atoms with van der Waals surface area (Å²) >= 11 is 12.6. The van der Waals surface area contributed by atoms with Crippen LogP contribution in [-0.4, -0.2) is 33.8 Å². The van der Waals surface area contributed by atoms with Crippen molar-refractivity contribution in [3.8, 4) is 6.07 Å². The lowest BCUT2D eigenvalue weighted by Crippen LogP contribution is -2.22. The zero-order valence-corrected chi connectivity index (χ0v) is 19.8. The Bertz CT molecular complexity index is 1230. The number of nitrogens with zero attached hydrogens (tertiary/aromatic N) is 4. The molecule has 1 aromatic carbocycles. The third kappa shape index (κ3) is 6.45. The fourth-order valence-electron chi connectivity index (χ4n) is 3.02. The molecule has 2 heterocycles. The van der Waals surface area contributed by atoms with Gasteiger partial charge in [-0.25, -0.2) is 15.0 Å². The van der Waals surface area contributed by atoms with Gasteiger partial charge in [-0.1, -0.05) is 35.9 Å². The van der Waals surface area contributed by atoms with Gasteiger partial charge in [0.2, 0.25) is 0 Å². The molecule has 9 heteroatoms. The summed E-state index contributed by atoms with van der Waals surface area (Å²) in [4.78, 5) is 16.6. The van der Waals surface area contributed by atoms with Crippen molar-refractivity contribution in [2.45, 2.75) is 13.8 Å². The quantitative estimate of drug-likeness (QED) is 0.283. The van der Waals surface area contributed by atoms with E-state index in [1.807, 2.05) is 32.1 Å². The molecule has 3 aromatic rings. The van der Waals surface area contributed by atoms with Crippen molar-refractivity contribution < 1.29 is 0 Å². The van der Waals surface area contributed by atoms with E-state index in [2.05, 4.69) is 32.2 Å². The average Bonchev–Trinajstić information content (AvgIpc) is 3.23. The molecule has 0 spiro atoms. The molecule has 3 N–H and O–H groups in total. The highest BCUT2D eigenvalue weighted by Gasteiger charge is 2.18. The van der Waals surface area contributed by atoms with E-state index in [9.17, 15) is 0 Å². The topological polar surface area (TPSA) is 102 Å². The second-order valence-corrected chi connectivity index (χ2v) is 7.89. The van der Waals surface area contributed by atoms with Crippen LogP contribution in [0.5, 0.6) is 0 Å². The molecule has 0 aliphatic heterocycles. The number of aryl methyl sites for hydroxylation is 1. The minimum Gasteiger partial charge on any atom is -0.369 e. The first-order valence-corrected chi connectivity index (χ1v) is 10.9. The van der Waals surface area contributed by atoms with Crippen molar-refractivity contribution in [1.82, 2.24) is 20.3 Å². The number of pyridine rings is 1. The SMILES string of the molecule is C=C(/N=C(\C(=C/C)c1ncc(C)[nH]1)c1ccc(Cl)cc1Cl)NCCNc1ccc(C#N)cn1. The Labute approximate surface area is 202 Å². The molecule has 0 fully saturated rings. The van der Waals surface area contributed by atoms with E-state index in [0.29, 0.717) is 57.4 Å². The number of H-pyrrole nitrogens is 1. The van der Waals surface area contributed by atoms with Crippen LogP contribution >= 0.6 is 23.2 Å². The lowest BCUT2D eigenvalue weighted by molar-refractivity contribution is 0.809.